The second-order valence-electron chi connectivity index (χ2n) is 6.03. The average Bonchev–Trinajstić information content (AvgIpc) is 2.48. The van der Waals surface area contributed by atoms with Gasteiger partial charge in [0.25, 0.3) is 0 Å². The van der Waals surface area contributed by atoms with Crippen LogP contribution in [0.2, 0.25) is 0 Å². The Bertz CT molecular complexity index is 289. The lowest BCUT2D eigenvalue weighted by molar-refractivity contribution is -0.149. The van der Waals surface area contributed by atoms with Gasteiger partial charge in [-0.3, -0.25) is 9.59 Å². The van der Waals surface area contributed by atoms with Crippen molar-refractivity contribution in [1.82, 2.24) is 0 Å². The van der Waals surface area contributed by atoms with Crippen molar-refractivity contribution < 1.29 is 19.4 Å². The van der Waals surface area contributed by atoms with Crippen LogP contribution in [0.3, 0.4) is 0 Å². The van der Waals surface area contributed by atoms with Crippen LogP contribution in [0.4, 0.5) is 0 Å². The molecule has 0 fully saturated rings. The Balaban J connectivity index is 3.55. The van der Waals surface area contributed by atoms with Gasteiger partial charge in [-0.15, -0.1) is 0 Å². The molecule has 0 aromatic carbocycles. The number of carbonyl (C=O) groups is 2. The first kappa shape index (κ1) is 20.9. The fourth-order valence-electron chi connectivity index (χ4n) is 2.48. The number of hydrogen-bond acceptors (Lipinski definition) is 3. The Hall–Kier alpha value is -1.06. The van der Waals surface area contributed by atoms with E-state index in [1.54, 1.807) is 0 Å². The molecule has 130 valence electrons. The Morgan fingerprint density at radius 2 is 1.45 bits per heavy atom. The average molecular weight is 314 g/mol. The third-order valence-electron chi connectivity index (χ3n) is 3.90. The van der Waals surface area contributed by atoms with E-state index in [0.29, 0.717) is 19.3 Å². The first-order valence-electron chi connectivity index (χ1n) is 9.01. The second-order valence-corrected chi connectivity index (χ2v) is 6.03. The largest absolute Gasteiger partial charge is 0.481 e. The Morgan fingerprint density at radius 1 is 0.864 bits per heavy atom. The number of ether oxygens (including phenoxy) is 1. The molecule has 0 radical (unpaired) electrons. The van der Waals surface area contributed by atoms with Crippen LogP contribution in [0.1, 0.15) is 97.3 Å². The summed E-state index contributed by atoms with van der Waals surface area (Å²) >= 11 is 0. The molecule has 1 unspecified atom stereocenters. The number of unbranched alkanes of at least 4 members (excludes halogenated alkanes) is 7. The van der Waals surface area contributed by atoms with E-state index in [1.807, 2.05) is 6.92 Å². The smallest absolute Gasteiger partial charge is 0.306 e. The van der Waals surface area contributed by atoms with Crippen molar-refractivity contribution in [2.24, 2.45) is 0 Å². The van der Waals surface area contributed by atoms with E-state index in [-0.39, 0.29) is 18.5 Å². The number of carboxylic acids is 1. The molecule has 0 bridgehead atoms. The SMILES string of the molecule is CCCCCCCCCCC(=O)OC(CC)CCCC(=O)O. The molecule has 0 saturated heterocycles. The van der Waals surface area contributed by atoms with Gasteiger partial charge in [0.1, 0.15) is 6.10 Å². The lowest BCUT2D eigenvalue weighted by Crippen LogP contribution is -2.17. The van der Waals surface area contributed by atoms with Crippen LogP contribution in [-0.2, 0) is 14.3 Å². The lowest BCUT2D eigenvalue weighted by Gasteiger charge is -2.15. The van der Waals surface area contributed by atoms with Crippen molar-refractivity contribution in [2.75, 3.05) is 0 Å². The summed E-state index contributed by atoms with van der Waals surface area (Å²) in [5.41, 5.74) is 0. The van der Waals surface area contributed by atoms with Crippen molar-refractivity contribution in [3.8, 4) is 0 Å². The van der Waals surface area contributed by atoms with Crippen LogP contribution >= 0.6 is 0 Å². The first-order valence-corrected chi connectivity index (χ1v) is 9.01. The standard InChI is InChI=1S/C18H34O4/c1-3-5-6-7-8-9-10-11-15-18(21)22-16(4-2)13-12-14-17(19)20/h16H,3-15H2,1-2H3,(H,19,20). The normalized spacial score (nSPS) is 12.1. The number of hydrogen-bond donors (Lipinski definition) is 1. The molecule has 22 heavy (non-hydrogen) atoms. The van der Waals surface area contributed by atoms with E-state index in [4.69, 9.17) is 9.84 Å². The molecular formula is C18H34O4. The molecule has 0 aliphatic heterocycles. The van der Waals surface area contributed by atoms with Gasteiger partial charge < -0.3 is 9.84 Å². The van der Waals surface area contributed by atoms with Crippen molar-refractivity contribution in [3.05, 3.63) is 0 Å². The summed E-state index contributed by atoms with van der Waals surface area (Å²) in [5.74, 6) is -0.923. The summed E-state index contributed by atoms with van der Waals surface area (Å²) in [5, 5.41) is 8.61. The summed E-state index contributed by atoms with van der Waals surface area (Å²) in [6.45, 7) is 4.19. The number of aliphatic carboxylic acids is 1. The molecule has 4 heteroatoms. The van der Waals surface area contributed by atoms with Crippen LogP contribution < -0.4 is 0 Å². The summed E-state index contributed by atoms with van der Waals surface area (Å²) in [6, 6.07) is 0. The third-order valence-corrected chi connectivity index (χ3v) is 3.90. The molecule has 4 nitrogen and oxygen atoms in total. The van der Waals surface area contributed by atoms with Gasteiger partial charge in [-0.1, -0.05) is 58.8 Å². The maximum atomic E-state index is 11.7. The van der Waals surface area contributed by atoms with Crippen LogP contribution in [-0.4, -0.2) is 23.1 Å². The van der Waals surface area contributed by atoms with Gasteiger partial charge in [0.2, 0.25) is 0 Å². The molecule has 0 aliphatic rings. The predicted octanol–water partition coefficient (Wildman–Crippen LogP) is 5.09. The third kappa shape index (κ3) is 13.9. The van der Waals surface area contributed by atoms with Crippen molar-refractivity contribution >= 4 is 11.9 Å². The number of esters is 1. The highest BCUT2D eigenvalue weighted by Crippen LogP contribution is 2.13. The van der Waals surface area contributed by atoms with E-state index in [0.717, 1.165) is 19.3 Å². The van der Waals surface area contributed by atoms with E-state index < -0.39 is 5.97 Å². The summed E-state index contributed by atoms with van der Waals surface area (Å²) in [4.78, 5) is 22.2. The van der Waals surface area contributed by atoms with Gasteiger partial charge in [0, 0.05) is 12.8 Å². The lowest BCUT2D eigenvalue weighted by atomic mass is 10.1. The molecule has 0 saturated carbocycles. The van der Waals surface area contributed by atoms with Crippen molar-refractivity contribution in [3.63, 3.8) is 0 Å². The van der Waals surface area contributed by atoms with Crippen molar-refractivity contribution in [1.29, 1.82) is 0 Å². The summed E-state index contributed by atoms with van der Waals surface area (Å²) < 4.78 is 5.41. The van der Waals surface area contributed by atoms with E-state index in [9.17, 15) is 9.59 Å². The van der Waals surface area contributed by atoms with Crippen LogP contribution in [0.25, 0.3) is 0 Å². The maximum absolute atomic E-state index is 11.7. The fraction of sp³-hybridized carbons (Fsp3) is 0.889. The highest BCUT2D eigenvalue weighted by atomic mass is 16.5. The van der Waals surface area contributed by atoms with Gasteiger partial charge >= 0.3 is 11.9 Å². The van der Waals surface area contributed by atoms with Crippen LogP contribution in [0, 0.1) is 0 Å². The summed E-state index contributed by atoms with van der Waals surface area (Å²) in [6.07, 6.45) is 12.2. The minimum atomic E-state index is -0.792. The first-order chi connectivity index (χ1) is 10.6. The molecule has 0 aliphatic carbocycles. The Morgan fingerprint density at radius 3 is 2.00 bits per heavy atom. The molecule has 0 rings (SSSR count). The number of carbonyl (C=O) groups excluding carboxylic acids is 1. The van der Waals surface area contributed by atoms with Crippen LogP contribution in [0.5, 0.6) is 0 Å². The quantitative estimate of drug-likeness (QED) is 0.337. The van der Waals surface area contributed by atoms with E-state index >= 15 is 0 Å². The minimum Gasteiger partial charge on any atom is -0.481 e. The van der Waals surface area contributed by atoms with Crippen LogP contribution in [0.15, 0.2) is 0 Å². The van der Waals surface area contributed by atoms with Gasteiger partial charge in [-0.2, -0.15) is 0 Å². The molecule has 0 aromatic heterocycles. The zero-order valence-electron chi connectivity index (χ0n) is 14.4. The molecule has 0 aromatic rings. The van der Waals surface area contributed by atoms with Crippen molar-refractivity contribution in [2.45, 2.75) is 103 Å². The highest BCUT2D eigenvalue weighted by Gasteiger charge is 2.12. The fourth-order valence-corrected chi connectivity index (χ4v) is 2.48. The summed E-state index contributed by atoms with van der Waals surface area (Å²) in [7, 11) is 0. The van der Waals surface area contributed by atoms with E-state index in [1.165, 1.54) is 38.5 Å². The van der Waals surface area contributed by atoms with E-state index in [2.05, 4.69) is 6.92 Å². The van der Waals surface area contributed by atoms with Gasteiger partial charge in [-0.25, -0.2) is 0 Å². The number of rotatable bonds is 15. The maximum Gasteiger partial charge on any atom is 0.306 e. The molecule has 0 amide bonds. The molecular weight excluding hydrogens is 280 g/mol. The number of carboxylic acid groups (broad SMARTS) is 1. The zero-order chi connectivity index (χ0) is 16.6. The topological polar surface area (TPSA) is 63.6 Å². The van der Waals surface area contributed by atoms with Gasteiger partial charge in [0.05, 0.1) is 0 Å². The Kier molecular flexibility index (Phi) is 14.1. The monoisotopic (exact) mass is 314 g/mol. The molecule has 1 atom stereocenters. The van der Waals surface area contributed by atoms with Gasteiger partial charge in [0.15, 0.2) is 0 Å². The molecule has 0 spiro atoms. The molecule has 0 heterocycles. The zero-order valence-corrected chi connectivity index (χ0v) is 14.4. The molecule has 1 N–H and O–H groups in total. The Labute approximate surface area is 135 Å². The minimum absolute atomic E-state index is 0.124. The van der Waals surface area contributed by atoms with Gasteiger partial charge in [-0.05, 0) is 25.7 Å². The predicted molar refractivity (Wildman–Crippen MR) is 88.9 cm³/mol. The second kappa shape index (κ2) is 14.9. The highest BCUT2D eigenvalue weighted by molar-refractivity contribution is 5.69.